The molecule has 2 N–H and O–H groups in total. The van der Waals surface area contributed by atoms with Crippen molar-refractivity contribution in [2.45, 2.75) is 51.4 Å². The Hall–Kier alpha value is -0.643. The lowest BCUT2D eigenvalue weighted by molar-refractivity contribution is 0.0632. The van der Waals surface area contributed by atoms with Crippen LogP contribution in [-0.4, -0.2) is 14.8 Å². The summed E-state index contributed by atoms with van der Waals surface area (Å²) in [5, 5.41) is 0. The van der Waals surface area contributed by atoms with Crippen LogP contribution in [-0.2, 0) is 10.8 Å². The van der Waals surface area contributed by atoms with Gasteiger partial charge in [0.15, 0.2) is 9.04 Å². The van der Waals surface area contributed by atoms with Gasteiger partial charge in [0.1, 0.15) is 5.72 Å². The van der Waals surface area contributed by atoms with Gasteiger partial charge in [-0.05, 0) is 31.5 Å². The van der Waals surface area contributed by atoms with Crippen LogP contribution in [0.1, 0.15) is 31.7 Å². The van der Waals surface area contributed by atoms with E-state index >= 15 is 0 Å². The fourth-order valence-corrected chi connectivity index (χ4v) is 3.22. The highest BCUT2D eigenvalue weighted by Crippen LogP contribution is 2.20. The van der Waals surface area contributed by atoms with Crippen molar-refractivity contribution in [3.8, 4) is 0 Å². The number of hydrogen-bond acceptors (Lipinski definition) is 2. The molecule has 1 aromatic carbocycles. The maximum Gasteiger partial charge on any atom is 0.173 e. The van der Waals surface area contributed by atoms with Gasteiger partial charge in [-0.1, -0.05) is 43.7 Å². The monoisotopic (exact) mass is 251 g/mol. The summed E-state index contributed by atoms with van der Waals surface area (Å²) in [6, 6.07) is 10.4. The third-order valence-electron chi connectivity index (χ3n) is 2.77. The van der Waals surface area contributed by atoms with E-state index in [1.807, 2.05) is 6.07 Å². The van der Waals surface area contributed by atoms with Gasteiger partial charge in [-0.25, -0.2) is 0 Å². The molecule has 0 heterocycles. The summed E-state index contributed by atoms with van der Waals surface area (Å²) in [6.45, 7) is 6.55. The molecule has 96 valence electrons. The van der Waals surface area contributed by atoms with Crippen LogP contribution in [0.4, 0.5) is 0 Å². The molecule has 0 saturated heterocycles. The molecule has 0 fully saturated rings. The molecule has 0 aliphatic heterocycles. The van der Waals surface area contributed by atoms with Crippen molar-refractivity contribution in [2.24, 2.45) is 5.73 Å². The van der Waals surface area contributed by atoms with Gasteiger partial charge in [-0.2, -0.15) is 0 Å². The molecule has 3 heteroatoms. The molecule has 0 aromatic heterocycles. The fourth-order valence-electron chi connectivity index (χ4n) is 2.08. The molecule has 0 saturated carbocycles. The number of benzene rings is 1. The first-order chi connectivity index (χ1) is 8.06. The maximum absolute atomic E-state index is 6.43. The summed E-state index contributed by atoms with van der Waals surface area (Å²) in [5.41, 5.74) is 7.23. The molecule has 0 amide bonds. The molecule has 0 spiro atoms. The van der Waals surface area contributed by atoms with Crippen molar-refractivity contribution in [1.29, 1.82) is 0 Å². The first-order valence-corrected chi connectivity index (χ1v) is 9.34. The number of unbranched alkanes of at least 4 members (excludes halogenated alkanes) is 1. The topological polar surface area (TPSA) is 35.2 Å². The van der Waals surface area contributed by atoms with Crippen LogP contribution >= 0.6 is 0 Å². The van der Waals surface area contributed by atoms with E-state index in [2.05, 4.69) is 44.3 Å². The average Bonchev–Trinajstić information content (AvgIpc) is 2.26. The molecular formula is C14H25NOSi. The second-order valence-corrected chi connectivity index (χ2v) is 7.33. The molecule has 1 rings (SSSR count). The van der Waals surface area contributed by atoms with Gasteiger partial charge in [0.2, 0.25) is 0 Å². The fraction of sp³-hybridized carbons (Fsp3) is 0.571. The van der Waals surface area contributed by atoms with Gasteiger partial charge in [0, 0.05) is 6.42 Å². The standard InChI is InChI=1S/C14H25NOSi/c1-4-5-11-14(15,16-17(2)3)12-13-9-7-6-8-10-13/h6-10,17H,4-5,11-12,15H2,1-3H3. The quantitative estimate of drug-likeness (QED) is 0.597. The molecule has 2 nitrogen and oxygen atoms in total. The van der Waals surface area contributed by atoms with E-state index in [0.717, 1.165) is 25.7 Å². The Morgan fingerprint density at radius 1 is 1.24 bits per heavy atom. The van der Waals surface area contributed by atoms with Crippen molar-refractivity contribution < 1.29 is 4.43 Å². The minimum absolute atomic E-state index is 0.461. The third-order valence-corrected chi connectivity index (χ3v) is 3.71. The smallest absolute Gasteiger partial charge is 0.173 e. The Kier molecular flexibility index (Phi) is 5.89. The molecule has 0 bridgehead atoms. The lowest BCUT2D eigenvalue weighted by Gasteiger charge is -2.32. The van der Waals surface area contributed by atoms with E-state index in [0.29, 0.717) is 0 Å². The molecule has 1 aromatic rings. The van der Waals surface area contributed by atoms with Crippen LogP contribution in [0.2, 0.25) is 13.1 Å². The summed E-state index contributed by atoms with van der Waals surface area (Å²) in [7, 11) is -1.10. The molecule has 0 radical (unpaired) electrons. The molecule has 0 aliphatic carbocycles. The first-order valence-electron chi connectivity index (χ1n) is 6.56. The van der Waals surface area contributed by atoms with E-state index in [9.17, 15) is 0 Å². The van der Waals surface area contributed by atoms with Crippen molar-refractivity contribution in [3.05, 3.63) is 35.9 Å². The van der Waals surface area contributed by atoms with Crippen molar-refractivity contribution in [1.82, 2.24) is 0 Å². The predicted octanol–water partition coefficient (Wildman–Crippen LogP) is 3.07. The van der Waals surface area contributed by atoms with Gasteiger partial charge < -0.3 is 10.2 Å². The lowest BCUT2D eigenvalue weighted by Crippen LogP contribution is -2.47. The highest BCUT2D eigenvalue weighted by molar-refractivity contribution is 6.48. The van der Waals surface area contributed by atoms with Crippen LogP contribution < -0.4 is 5.73 Å². The van der Waals surface area contributed by atoms with Crippen LogP contribution in [0, 0.1) is 0 Å². The van der Waals surface area contributed by atoms with Crippen molar-refractivity contribution >= 4 is 9.04 Å². The van der Waals surface area contributed by atoms with E-state index in [1.54, 1.807) is 0 Å². The van der Waals surface area contributed by atoms with Crippen LogP contribution in [0.15, 0.2) is 30.3 Å². The molecule has 17 heavy (non-hydrogen) atoms. The van der Waals surface area contributed by atoms with Crippen LogP contribution in [0.5, 0.6) is 0 Å². The highest BCUT2D eigenvalue weighted by Gasteiger charge is 2.26. The summed E-state index contributed by atoms with van der Waals surface area (Å²) in [5.74, 6) is 0. The van der Waals surface area contributed by atoms with E-state index in [4.69, 9.17) is 10.2 Å². The molecule has 1 unspecified atom stereocenters. The molecular weight excluding hydrogens is 226 g/mol. The maximum atomic E-state index is 6.43. The van der Waals surface area contributed by atoms with Gasteiger partial charge in [-0.15, -0.1) is 0 Å². The zero-order chi connectivity index (χ0) is 12.7. The number of rotatable bonds is 7. The van der Waals surface area contributed by atoms with Crippen LogP contribution in [0.25, 0.3) is 0 Å². The normalized spacial score (nSPS) is 14.9. The highest BCUT2D eigenvalue weighted by atomic mass is 28.3. The lowest BCUT2D eigenvalue weighted by atomic mass is 9.98. The Balaban J connectivity index is 2.68. The van der Waals surface area contributed by atoms with E-state index in [-0.39, 0.29) is 0 Å². The SMILES string of the molecule is CCCCC(N)(Cc1ccccc1)O[SiH](C)C. The summed E-state index contributed by atoms with van der Waals surface area (Å²) >= 11 is 0. The van der Waals surface area contributed by atoms with Gasteiger partial charge in [0.05, 0.1) is 0 Å². The summed E-state index contributed by atoms with van der Waals surface area (Å²) in [4.78, 5) is 0. The van der Waals surface area contributed by atoms with E-state index < -0.39 is 14.8 Å². The second kappa shape index (κ2) is 6.94. The Labute approximate surface area is 107 Å². The summed E-state index contributed by atoms with van der Waals surface area (Å²) < 4.78 is 6.06. The van der Waals surface area contributed by atoms with Crippen molar-refractivity contribution in [2.75, 3.05) is 0 Å². The Bertz CT molecular complexity index is 315. The largest absolute Gasteiger partial charge is 0.403 e. The minimum Gasteiger partial charge on any atom is -0.403 e. The second-order valence-electron chi connectivity index (χ2n) is 5.00. The zero-order valence-corrected chi connectivity index (χ0v) is 12.4. The predicted molar refractivity (Wildman–Crippen MR) is 76.6 cm³/mol. The average molecular weight is 251 g/mol. The first kappa shape index (κ1) is 14.4. The Morgan fingerprint density at radius 3 is 2.41 bits per heavy atom. The number of hydrogen-bond donors (Lipinski definition) is 1. The molecule has 1 atom stereocenters. The van der Waals surface area contributed by atoms with Gasteiger partial charge >= 0.3 is 0 Å². The van der Waals surface area contributed by atoms with E-state index in [1.165, 1.54) is 5.56 Å². The number of nitrogens with two attached hydrogens (primary N) is 1. The van der Waals surface area contributed by atoms with Crippen molar-refractivity contribution in [3.63, 3.8) is 0 Å². The van der Waals surface area contributed by atoms with Crippen LogP contribution in [0.3, 0.4) is 0 Å². The zero-order valence-electron chi connectivity index (χ0n) is 11.3. The van der Waals surface area contributed by atoms with Gasteiger partial charge in [0.25, 0.3) is 0 Å². The molecule has 0 aliphatic rings. The summed E-state index contributed by atoms with van der Waals surface area (Å²) in [6.07, 6.45) is 4.06. The third kappa shape index (κ3) is 5.48. The minimum atomic E-state index is -1.10. The Morgan fingerprint density at radius 2 is 1.88 bits per heavy atom. The van der Waals surface area contributed by atoms with Gasteiger partial charge in [-0.3, -0.25) is 0 Å².